The Kier molecular flexibility index (Phi) is 5.44. The van der Waals surface area contributed by atoms with Gasteiger partial charge in [-0.15, -0.1) is 0 Å². The lowest BCUT2D eigenvalue weighted by Crippen LogP contribution is -2.46. The molecule has 2 atom stereocenters. The quantitative estimate of drug-likeness (QED) is 0.744. The van der Waals surface area contributed by atoms with Crippen LogP contribution in [-0.4, -0.2) is 24.5 Å². The van der Waals surface area contributed by atoms with Crippen LogP contribution in [-0.2, 0) is 11.2 Å². The standard InChI is InChI=1S/C19H20ClN3O3/c20-12-6-4-11(5-7-12)10-16(18(22)24)23-19(25)14-3-1-2-13-15(21)8-9-26-17(13)14/h1-7,15-16H,8-10,21H2,(H2,22,24)(H,23,25). The van der Waals surface area contributed by atoms with Crippen LogP contribution >= 0.6 is 11.6 Å². The van der Waals surface area contributed by atoms with Crippen molar-refractivity contribution in [2.75, 3.05) is 6.61 Å². The van der Waals surface area contributed by atoms with Crippen molar-refractivity contribution in [1.82, 2.24) is 5.32 Å². The summed E-state index contributed by atoms with van der Waals surface area (Å²) < 4.78 is 5.65. The van der Waals surface area contributed by atoms with Crippen LogP contribution in [0.3, 0.4) is 0 Å². The molecule has 5 N–H and O–H groups in total. The Morgan fingerprint density at radius 3 is 2.65 bits per heavy atom. The fraction of sp³-hybridized carbons (Fsp3) is 0.263. The van der Waals surface area contributed by atoms with Gasteiger partial charge in [0.1, 0.15) is 11.8 Å². The van der Waals surface area contributed by atoms with E-state index in [0.717, 1.165) is 11.1 Å². The average molecular weight is 374 g/mol. The van der Waals surface area contributed by atoms with Crippen LogP contribution in [0.25, 0.3) is 0 Å². The lowest BCUT2D eigenvalue weighted by molar-refractivity contribution is -0.119. The van der Waals surface area contributed by atoms with Gasteiger partial charge in [0.15, 0.2) is 0 Å². The molecule has 2 amide bonds. The number of nitrogens with one attached hydrogen (secondary N) is 1. The first-order valence-electron chi connectivity index (χ1n) is 8.31. The zero-order valence-electron chi connectivity index (χ0n) is 14.1. The lowest BCUT2D eigenvalue weighted by atomic mass is 9.97. The van der Waals surface area contributed by atoms with Crippen molar-refractivity contribution in [3.63, 3.8) is 0 Å². The Morgan fingerprint density at radius 1 is 1.23 bits per heavy atom. The first-order chi connectivity index (χ1) is 12.5. The molecule has 136 valence electrons. The van der Waals surface area contributed by atoms with Crippen LogP contribution in [0, 0.1) is 0 Å². The molecule has 0 spiro atoms. The molecule has 2 aromatic carbocycles. The smallest absolute Gasteiger partial charge is 0.255 e. The average Bonchev–Trinajstić information content (AvgIpc) is 2.62. The molecule has 0 aromatic heterocycles. The van der Waals surface area contributed by atoms with E-state index in [1.165, 1.54) is 0 Å². The largest absolute Gasteiger partial charge is 0.492 e. The van der Waals surface area contributed by atoms with Gasteiger partial charge in [0.05, 0.1) is 12.2 Å². The highest BCUT2D eigenvalue weighted by Crippen LogP contribution is 2.33. The van der Waals surface area contributed by atoms with Crippen LogP contribution in [0.1, 0.15) is 33.9 Å². The molecule has 0 fully saturated rings. The Bertz CT molecular complexity index is 823. The first kappa shape index (κ1) is 18.2. The number of para-hydroxylation sites is 1. The maximum Gasteiger partial charge on any atom is 0.255 e. The van der Waals surface area contributed by atoms with Gasteiger partial charge >= 0.3 is 0 Å². The molecule has 0 saturated carbocycles. The third-order valence-corrected chi connectivity index (χ3v) is 4.62. The molecule has 26 heavy (non-hydrogen) atoms. The fourth-order valence-corrected chi connectivity index (χ4v) is 3.07. The summed E-state index contributed by atoms with van der Waals surface area (Å²) in [4.78, 5) is 24.5. The van der Waals surface area contributed by atoms with Gasteiger partial charge in [-0.2, -0.15) is 0 Å². The van der Waals surface area contributed by atoms with Crippen molar-refractivity contribution in [3.8, 4) is 5.75 Å². The number of carbonyl (C=O) groups is 2. The predicted molar refractivity (Wildman–Crippen MR) is 99.1 cm³/mol. The number of halogens is 1. The predicted octanol–water partition coefficient (Wildman–Crippen LogP) is 1.95. The van der Waals surface area contributed by atoms with E-state index in [2.05, 4.69) is 5.32 Å². The van der Waals surface area contributed by atoms with Crippen molar-refractivity contribution in [2.24, 2.45) is 11.5 Å². The molecule has 1 heterocycles. The first-order valence-corrected chi connectivity index (χ1v) is 8.69. The van der Waals surface area contributed by atoms with Crippen LogP contribution in [0.5, 0.6) is 5.75 Å². The SMILES string of the molecule is NC(=O)C(Cc1ccc(Cl)cc1)NC(=O)c1cccc2c1OCCC2N. The van der Waals surface area contributed by atoms with Crippen molar-refractivity contribution in [3.05, 3.63) is 64.2 Å². The molecule has 0 saturated heterocycles. The Labute approximate surface area is 156 Å². The third kappa shape index (κ3) is 3.98. The molecular weight excluding hydrogens is 354 g/mol. The fourth-order valence-electron chi connectivity index (χ4n) is 2.95. The van der Waals surface area contributed by atoms with Crippen LogP contribution in [0.15, 0.2) is 42.5 Å². The van der Waals surface area contributed by atoms with E-state index in [9.17, 15) is 9.59 Å². The number of benzene rings is 2. The molecular formula is C19H20ClN3O3. The summed E-state index contributed by atoms with van der Waals surface area (Å²) in [5.41, 5.74) is 13.5. The van der Waals surface area contributed by atoms with E-state index in [1.807, 2.05) is 6.07 Å². The molecule has 6 nitrogen and oxygen atoms in total. The molecule has 0 radical (unpaired) electrons. The summed E-state index contributed by atoms with van der Waals surface area (Å²) in [6.07, 6.45) is 0.964. The van der Waals surface area contributed by atoms with Crippen molar-refractivity contribution in [2.45, 2.75) is 24.9 Å². The number of rotatable bonds is 5. The van der Waals surface area contributed by atoms with Crippen molar-refractivity contribution >= 4 is 23.4 Å². The van der Waals surface area contributed by atoms with Gasteiger partial charge < -0.3 is 21.5 Å². The summed E-state index contributed by atoms with van der Waals surface area (Å²) in [7, 11) is 0. The second-order valence-electron chi connectivity index (χ2n) is 6.23. The zero-order valence-corrected chi connectivity index (χ0v) is 14.8. The van der Waals surface area contributed by atoms with Gasteiger partial charge in [-0.05, 0) is 23.8 Å². The van der Waals surface area contributed by atoms with Gasteiger partial charge in [-0.1, -0.05) is 35.9 Å². The van der Waals surface area contributed by atoms with Crippen LogP contribution < -0.4 is 21.5 Å². The lowest BCUT2D eigenvalue weighted by Gasteiger charge is -2.25. The minimum atomic E-state index is -0.850. The zero-order chi connectivity index (χ0) is 18.7. The summed E-state index contributed by atoms with van der Waals surface area (Å²) in [5.74, 6) is -0.567. The second-order valence-corrected chi connectivity index (χ2v) is 6.66. The molecule has 2 aromatic rings. The summed E-state index contributed by atoms with van der Waals surface area (Å²) in [6.45, 7) is 0.447. The third-order valence-electron chi connectivity index (χ3n) is 4.37. The molecule has 2 unspecified atom stereocenters. The van der Waals surface area contributed by atoms with Crippen LogP contribution in [0.2, 0.25) is 5.02 Å². The number of fused-ring (bicyclic) bond motifs is 1. The van der Waals surface area contributed by atoms with E-state index < -0.39 is 17.9 Å². The topological polar surface area (TPSA) is 107 Å². The number of hydrogen-bond donors (Lipinski definition) is 3. The number of hydrogen-bond acceptors (Lipinski definition) is 4. The summed E-state index contributed by atoms with van der Waals surface area (Å²) in [5, 5.41) is 3.29. The minimum Gasteiger partial charge on any atom is -0.492 e. The Morgan fingerprint density at radius 2 is 1.96 bits per heavy atom. The highest BCUT2D eigenvalue weighted by Gasteiger charge is 2.26. The highest BCUT2D eigenvalue weighted by molar-refractivity contribution is 6.30. The Balaban J connectivity index is 1.80. The number of carbonyl (C=O) groups excluding carboxylic acids is 2. The maximum atomic E-state index is 12.7. The van der Waals surface area contributed by atoms with Gasteiger partial charge in [0.2, 0.25) is 5.91 Å². The normalized spacial score (nSPS) is 16.9. The van der Waals surface area contributed by atoms with E-state index in [1.54, 1.807) is 36.4 Å². The number of nitrogens with two attached hydrogens (primary N) is 2. The highest BCUT2D eigenvalue weighted by atomic mass is 35.5. The second kappa shape index (κ2) is 7.76. The van der Waals surface area contributed by atoms with Crippen molar-refractivity contribution < 1.29 is 14.3 Å². The number of ether oxygens (including phenoxy) is 1. The van der Waals surface area contributed by atoms with E-state index in [0.29, 0.717) is 29.4 Å². The van der Waals surface area contributed by atoms with Gasteiger partial charge in [-0.3, -0.25) is 9.59 Å². The maximum absolute atomic E-state index is 12.7. The molecule has 1 aliphatic heterocycles. The Hall–Kier alpha value is -2.57. The summed E-state index contributed by atoms with van der Waals surface area (Å²) >= 11 is 5.87. The van der Waals surface area contributed by atoms with Crippen molar-refractivity contribution in [1.29, 1.82) is 0 Å². The molecule has 3 rings (SSSR count). The monoisotopic (exact) mass is 373 g/mol. The van der Waals surface area contributed by atoms with Crippen LogP contribution in [0.4, 0.5) is 0 Å². The van der Waals surface area contributed by atoms with E-state index in [-0.39, 0.29) is 12.5 Å². The molecule has 7 heteroatoms. The van der Waals surface area contributed by atoms with Gasteiger partial charge in [-0.25, -0.2) is 0 Å². The van der Waals surface area contributed by atoms with E-state index in [4.69, 9.17) is 27.8 Å². The van der Waals surface area contributed by atoms with Gasteiger partial charge in [0.25, 0.3) is 5.91 Å². The minimum absolute atomic E-state index is 0.174. The summed E-state index contributed by atoms with van der Waals surface area (Å²) in [6, 6.07) is 11.2. The molecule has 1 aliphatic rings. The van der Waals surface area contributed by atoms with E-state index >= 15 is 0 Å². The number of primary amides is 1. The molecule has 0 aliphatic carbocycles. The number of amides is 2. The molecule has 0 bridgehead atoms. The van der Waals surface area contributed by atoms with Gasteiger partial charge in [0, 0.05) is 29.5 Å².